The molecule has 1 unspecified atom stereocenters. The van der Waals surface area contributed by atoms with Gasteiger partial charge in [0, 0.05) is 46.6 Å². The van der Waals surface area contributed by atoms with E-state index in [0.29, 0.717) is 26.1 Å². The maximum absolute atomic E-state index is 12.1. The third-order valence-corrected chi connectivity index (χ3v) is 5.51. The molecule has 8 heteroatoms. The topological polar surface area (TPSA) is 84.0 Å². The van der Waals surface area contributed by atoms with Gasteiger partial charge in [0.25, 0.3) is 0 Å². The summed E-state index contributed by atoms with van der Waals surface area (Å²) in [4.78, 5) is 26.6. The zero-order valence-corrected chi connectivity index (χ0v) is 13.7. The van der Waals surface area contributed by atoms with Crippen molar-refractivity contribution in [2.75, 3.05) is 45.4 Å². The second kappa shape index (κ2) is 7.74. The zero-order chi connectivity index (χ0) is 16.0. The maximum atomic E-state index is 12.1. The van der Waals surface area contributed by atoms with Crippen LogP contribution in [0.4, 0.5) is 0 Å². The van der Waals surface area contributed by atoms with E-state index in [2.05, 4.69) is 0 Å². The number of hydrogen-bond donors (Lipinski definition) is 0. The van der Waals surface area contributed by atoms with Crippen LogP contribution in [0.25, 0.3) is 0 Å². The van der Waals surface area contributed by atoms with Crippen LogP contribution < -0.4 is 0 Å². The van der Waals surface area contributed by atoms with E-state index in [9.17, 15) is 18.0 Å². The Morgan fingerprint density at radius 1 is 1.29 bits per heavy atom. The number of ether oxygens (including phenoxy) is 1. The van der Waals surface area contributed by atoms with Gasteiger partial charge in [-0.15, -0.1) is 0 Å². The number of rotatable bonds is 7. The van der Waals surface area contributed by atoms with Crippen molar-refractivity contribution in [3.63, 3.8) is 0 Å². The van der Waals surface area contributed by atoms with E-state index >= 15 is 0 Å². The Morgan fingerprint density at radius 2 is 1.95 bits per heavy atom. The third-order valence-electron chi connectivity index (χ3n) is 3.76. The molecule has 0 bridgehead atoms. The summed E-state index contributed by atoms with van der Waals surface area (Å²) in [5, 5.41) is 0. The smallest absolute Gasteiger partial charge is 0.224 e. The molecule has 0 saturated carbocycles. The average Bonchev–Trinajstić information content (AvgIpc) is 2.77. The van der Waals surface area contributed by atoms with E-state index < -0.39 is 9.84 Å². The van der Waals surface area contributed by atoms with E-state index in [4.69, 9.17) is 4.74 Å². The molecule has 1 atom stereocenters. The molecule has 1 rings (SSSR count). The van der Waals surface area contributed by atoms with Gasteiger partial charge in [-0.3, -0.25) is 9.59 Å². The molecule has 7 nitrogen and oxygen atoms in total. The summed E-state index contributed by atoms with van der Waals surface area (Å²) in [5.74, 6) is -0.0652. The van der Waals surface area contributed by atoms with Gasteiger partial charge in [0.2, 0.25) is 11.8 Å². The number of carbonyl (C=O) groups excluding carboxylic acids is 2. The summed E-state index contributed by atoms with van der Waals surface area (Å²) < 4.78 is 27.8. The van der Waals surface area contributed by atoms with Crippen LogP contribution in [0.5, 0.6) is 0 Å². The molecule has 0 N–H and O–H groups in total. The van der Waals surface area contributed by atoms with Gasteiger partial charge < -0.3 is 14.5 Å². The lowest BCUT2D eigenvalue weighted by atomic mass is 10.2. The Kier molecular flexibility index (Phi) is 6.60. The first-order chi connectivity index (χ1) is 9.76. The second-order valence-electron chi connectivity index (χ2n) is 5.31. The van der Waals surface area contributed by atoms with Crippen molar-refractivity contribution in [3.05, 3.63) is 0 Å². The van der Waals surface area contributed by atoms with Gasteiger partial charge in [-0.1, -0.05) is 0 Å². The lowest BCUT2D eigenvalue weighted by Gasteiger charge is -2.26. The number of hydrogen-bond acceptors (Lipinski definition) is 5. The Labute approximate surface area is 126 Å². The lowest BCUT2D eigenvalue weighted by molar-refractivity contribution is -0.134. The molecule has 0 aliphatic carbocycles. The van der Waals surface area contributed by atoms with E-state index in [1.165, 1.54) is 11.8 Å². The van der Waals surface area contributed by atoms with Crippen LogP contribution in [0, 0.1) is 0 Å². The van der Waals surface area contributed by atoms with Gasteiger partial charge in [0.05, 0.1) is 18.1 Å². The normalized spacial score (nSPS) is 20.2. The molecule has 21 heavy (non-hydrogen) atoms. The third kappa shape index (κ3) is 5.62. The van der Waals surface area contributed by atoms with E-state index in [1.807, 2.05) is 0 Å². The summed E-state index contributed by atoms with van der Waals surface area (Å²) >= 11 is 0. The van der Waals surface area contributed by atoms with E-state index in [1.54, 1.807) is 19.1 Å². The Hall–Kier alpha value is -1.15. The molecule has 0 spiro atoms. The Bertz CT molecular complexity index is 477. The summed E-state index contributed by atoms with van der Waals surface area (Å²) in [7, 11) is 0.174. The maximum Gasteiger partial charge on any atom is 0.224 e. The van der Waals surface area contributed by atoms with Gasteiger partial charge in [-0.2, -0.15) is 0 Å². The van der Waals surface area contributed by atoms with Crippen LogP contribution in [-0.2, 0) is 24.2 Å². The van der Waals surface area contributed by atoms with Crippen LogP contribution >= 0.6 is 0 Å². The standard InChI is InChI=1S/C13H24N2O5S/c1-11(16)15(7-8-20-3)6-4-13(17)14(2)12-5-9-21(18,19)10-12/h12H,4-10H2,1-3H3. The fourth-order valence-corrected chi connectivity index (χ4v) is 4.09. The zero-order valence-electron chi connectivity index (χ0n) is 12.9. The van der Waals surface area contributed by atoms with Crippen molar-refractivity contribution < 1.29 is 22.7 Å². The molecule has 1 saturated heterocycles. The van der Waals surface area contributed by atoms with Gasteiger partial charge >= 0.3 is 0 Å². The SMILES string of the molecule is COCCN(CCC(=O)N(C)C1CCS(=O)(=O)C1)C(C)=O. The molecule has 0 aromatic heterocycles. The highest BCUT2D eigenvalue weighted by molar-refractivity contribution is 7.91. The molecule has 1 fully saturated rings. The molecule has 1 heterocycles. The largest absolute Gasteiger partial charge is 0.383 e. The molecular formula is C13H24N2O5S. The predicted molar refractivity (Wildman–Crippen MR) is 78.6 cm³/mol. The van der Waals surface area contributed by atoms with Crippen LogP contribution in [0.15, 0.2) is 0 Å². The average molecular weight is 320 g/mol. The highest BCUT2D eigenvalue weighted by atomic mass is 32.2. The van der Waals surface area contributed by atoms with Crippen molar-refractivity contribution in [3.8, 4) is 0 Å². The van der Waals surface area contributed by atoms with E-state index in [-0.39, 0.29) is 35.8 Å². The molecule has 1 aliphatic heterocycles. The van der Waals surface area contributed by atoms with Crippen LogP contribution in [0.3, 0.4) is 0 Å². The lowest BCUT2D eigenvalue weighted by Crippen LogP contribution is -2.40. The fourth-order valence-electron chi connectivity index (χ4n) is 2.32. The molecule has 0 aromatic rings. The molecule has 122 valence electrons. The molecule has 0 aromatic carbocycles. The summed E-state index contributed by atoms with van der Waals surface area (Å²) in [6.45, 7) is 2.64. The molecular weight excluding hydrogens is 296 g/mol. The first-order valence-electron chi connectivity index (χ1n) is 6.97. The number of sulfone groups is 1. The van der Waals surface area contributed by atoms with Crippen molar-refractivity contribution >= 4 is 21.7 Å². The molecule has 0 radical (unpaired) electrons. The van der Waals surface area contributed by atoms with Gasteiger partial charge in [-0.25, -0.2) is 8.42 Å². The number of methoxy groups -OCH3 is 1. The minimum absolute atomic E-state index is 0.0370. The van der Waals surface area contributed by atoms with Crippen molar-refractivity contribution in [2.24, 2.45) is 0 Å². The highest BCUT2D eigenvalue weighted by Crippen LogP contribution is 2.17. The quantitative estimate of drug-likeness (QED) is 0.632. The van der Waals surface area contributed by atoms with Crippen molar-refractivity contribution in [1.82, 2.24) is 9.80 Å². The Balaban J connectivity index is 2.46. The number of carbonyl (C=O) groups is 2. The van der Waals surface area contributed by atoms with Gasteiger partial charge in [0.1, 0.15) is 0 Å². The van der Waals surface area contributed by atoms with Crippen LogP contribution in [-0.4, -0.2) is 81.4 Å². The van der Waals surface area contributed by atoms with Crippen LogP contribution in [0.2, 0.25) is 0 Å². The van der Waals surface area contributed by atoms with Gasteiger partial charge in [-0.05, 0) is 6.42 Å². The van der Waals surface area contributed by atoms with Gasteiger partial charge in [0.15, 0.2) is 9.84 Å². The summed E-state index contributed by atoms with van der Waals surface area (Å²) in [6.07, 6.45) is 0.682. The monoisotopic (exact) mass is 320 g/mol. The predicted octanol–water partition coefficient (Wildman–Crippen LogP) is -0.483. The van der Waals surface area contributed by atoms with Crippen molar-refractivity contribution in [2.45, 2.75) is 25.8 Å². The first-order valence-corrected chi connectivity index (χ1v) is 8.79. The molecule has 1 aliphatic rings. The number of amides is 2. The molecule has 2 amide bonds. The minimum Gasteiger partial charge on any atom is -0.383 e. The highest BCUT2D eigenvalue weighted by Gasteiger charge is 2.32. The first kappa shape index (κ1) is 17.9. The van der Waals surface area contributed by atoms with Crippen molar-refractivity contribution in [1.29, 1.82) is 0 Å². The summed E-state index contributed by atoms with van der Waals surface area (Å²) in [6, 6.07) is -0.243. The minimum atomic E-state index is -3.01. The van der Waals surface area contributed by atoms with E-state index in [0.717, 1.165) is 0 Å². The fraction of sp³-hybridized carbons (Fsp3) is 0.846. The van der Waals surface area contributed by atoms with Crippen LogP contribution in [0.1, 0.15) is 19.8 Å². The Morgan fingerprint density at radius 3 is 2.43 bits per heavy atom. The summed E-state index contributed by atoms with van der Waals surface area (Å²) in [5.41, 5.74) is 0. The number of nitrogens with zero attached hydrogens (tertiary/aromatic N) is 2. The second-order valence-corrected chi connectivity index (χ2v) is 7.54.